The van der Waals surface area contributed by atoms with Crippen molar-refractivity contribution < 1.29 is 28.5 Å². The Hall–Kier alpha value is -4.42. The van der Waals surface area contributed by atoms with E-state index in [9.17, 15) is 4.79 Å². The fraction of sp³-hybridized carbons (Fsp3) is 0.206. The molecule has 0 aliphatic rings. The van der Waals surface area contributed by atoms with Crippen LogP contribution in [0.4, 0.5) is 0 Å². The second-order valence-electron chi connectivity index (χ2n) is 9.80. The van der Waals surface area contributed by atoms with Gasteiger partial charge >= 0.3 is 5.97 Å². The third-order valence-electron chi connectivity index (χ3n) is 6.09. The molecule has 4 aromatic rings. The number of halogens is 1. The summed E-state index contributed by atoms with van der Waals surface area (Å²) in [5, 5.41) is 0.639. The van der Waals surface area contributed by atoms with E-state index in [4.69, 9.17) is 35.3 Å². The molecule has 212 valence electrons. The first-order valence-corrected chi connectivity index (χ1v) is 13.5. The molecule has 0 heterocycles. The summed E-state index contributed by atoms with van der Waals surface area (Å²) in [6, 6.07) is 30.0. The van der Waals surface area contributed by atoms with Gasteiger partial charge in [-0.25, -0.2) is 4.79 Å². The van der Waals surface area contributed by atoms with E-state index in [-0.39, 0.29) is 25.4 Å². The van der Waals surface area contributed by atoms with Crippen molar-refractivity contribution in [1.82, 2.24) is 0 Å². The van der Waals surface area contributed by atoms with E-state index >= 15 is 0 Å². The Morgan fingerprint density at radius 2 is 1.51 bits per heavy atom. The molecule has 6 nitrogen and oxygen atoms in total. The Bertz CT molecular complexity index is 1460. The van der Waals surface area contributed by atoms with Crippen LogP contribution in [0, 0.1) is 0 Å². The van der Waals surface area contributed by atoms with Crippen molar-refractivity contribution in [2.75, 3.05) is 26.9 Å². The Kier molecular flexibility index (Phi) is 9.93. The molecule has 0 aliphatic carbocycles. The van der Waals surface area contributed by atoms with Crippen molar-refractivity contribution in [2.45, 2.75) is 19.4 Å². The summed E-state index contributed by atoms with van der Waals surface area (Å²) < 4.78 is 28.9. The number of benzene rings is 4. The summed E-state index contributed by atoms with van der Waals surface area (Å²) in [6.07, 6.45) is 0. The highest BCUT2D eigenvalue weighted by Crippen LogP contribution is 2.32. The van der Waals surface area contributed by atoms with Crippen molar-refractivity contribution in [1.29, 1.82) is 0 Å². The van der Waals surface area contributed by atoms with Gasteiger partial charge in [0.15, 0.2) is 11.5 Å². The quantitative estimate of drug-likeness (QED) is 0.0922. The van der Waals surface area contributed by atoms with Gasteiger partial charge < -0.3 is 23.7 Å². The zero-order valence-electron chi connectivity index (χ0n) is 23.4. The second kappa shape index (κ2) is 13.8. The van der Waals surface area contributed by atoms with Crippen molar-refractivity contribution in [3.05, 3.63) is 114 Å². The average Bonchev–Trinajstić information content (AvgIpc) is 2.99. The van der Waals surface area contributed by atoms with Crippen LogP contribution < -0.4 is 18.9 Å². The van der Waals surface area contributed by atoms with Gasteiger partial charge in [0.25, 0.3) is 0 Å². The molecule has 0 aromatic heterocycles. The number of rotatable bonds is 13. The number of methoxy groups -OCH3 is 1. The van der Waals surface area contributed by atoms with Gasteiger partial charge in [-0.15, -0.1) is 0 Å². The molecule has 0 amide bonds. The lowest BCUT2D eigenvalue weighted by Crippen LogP contribution is -2.35. The van der Waals surface area contributed by atoms with Gasteiger partial charge in [0, 0.05) is 10.6 Å². The molecule has 0 N–H and O–H groups in total. The number of para-hydroxylation sites is 1. The largest absolute Gasteiger partial charge is 0.493 e. The van der Waals surface area contributed by atoms with Gasteiger partial charge in [0.1, 0.15) is 36.9 Å². The van der Waals surface area contributed by atoms with Crippen molar-refractivity contribution in [3.63, 3.8) is 0 Å². The van der Waals surface area contributed by atoms with Crippen LogP contribution in [0.3, 0.4) is 0 Å². The first kappa shape index (κ1) is 29.6. The highest BCUT2D eigenvalue weighted by molar-refractivity contribution is 6.30. The fourth-order valence-electron chi connectivity index (χ4n) is 4.02. The summed E-state index contributed by atoms with van der Waals surface area (Å²) in [5.74, 6) is 1.83. The molecule has 0 radical (unpaired) electrons. The molecule has 0 unspecified atom stereocenters. The highest BCUT2D eigenvalue weighted by Gasteiger charge is 2.23. The lowest BCUT2D eigenvalue weighted by Gasteiger charge is -2.27. The summed E-state index contributed by atoms with van der Waals surface area (Å²) >= 11 is 5.96. The topological polar surface area (TPSA) is 63.2 Å². The molecule has 4 aromatic carbocycles. The molecule has 0 saturated heterocycles. The van der Waals surface area contributed by atoms with Crippen LogP contribution in [0.15, 0.2) is 104 Å². The smallest absolute Gasteiger partial charge is 0.338 e. The predicted octanol–water partition coefficient (Wildman–Crippen LogP) is 7.89. The van der Waals surface area contributed by atoms with E-state index < -0.39 is 11.6 Å². The summed E-state index contributed by atoms with van der Waals surface area (Å²) in [4.78, 5) is 12.7. The van der Waals surface area contributed by atoms with Crippen LogP contribution >= 0.6 is 11.6 Å². The molecule has 7 heteroatoms. The van der Waals surface area contributed by atoms with Gasteiger partial charge in [-0.3, -0.25) is 0 Å². The molecular weight excluding hydrogens is 540 g/mol. The van der Waals surface area contributed by atoms with E-state index in [1.807, 2.05) is 68.4 Å². The number of hydrogen-bond donors (Lipinski definition) is 0. The SMILES string of the molecule is C=C(C(=O)OCCOc1ccccc1-c1ccccc1)c1ccc(OCC(C)(C)Oc2ccc(Cl)cc2)c(OC)c1. The molecule has 0 fully saturated rings. The molecule has 4 rings (SSSR count). The maximum atomic E-state index is 12.7. The zero-order chi connectivity index (χ0) is 29.2. The Balaban J connectivity index is 1.30. The Morgan fingerprint density at radius 1 is 0.805 bits per heavy atom. The zero-order valence-corrected chi connectivity index (χ0v) is 24.1. The molecule has 41 heavy (non-hydrogen) atoms. The Labute approximate surface area is 246 Å². The average molecular weight is 573 g/mol. The number of carbonyl (C=O) groups excluding carboxylic acids is 1. The van der Waals surface area contributed by atoms with Crippen molar-refractivity contribution in [3.8, 4) is 34.1 Å². The third-order valence-corrected chi connectivity index (χ3v) is 6.34. The molecule has 0 saturated carbocycles. The van der Waals surface area contributed by atoms with Crippen LogP contribution in [0.2, 0.25) is 5.02 Å². The summed E-state index contributed by atoms with van der Waals surface area (Å²) in [5.41, 5.74) is 2.15. The third kappa shape index (κ3) is 8.29. The maximum Gasteiger partial charge on any atom is 0.338 e. The van der Waals surface area contributed by atoms with Gasteiger partial charge in [0.2, 0.25) is 0 Å². The van der Waals surface area contributed by atoms with Gasteiger partial charge in [-0.2, -0.15) is 0 Å². The molecule has 0 spiro atoms. The van der Waals surface area contributed by atoms with Crippen LogP contribution in [0.5, 0.6) is 23.0 Å². The first-order chi connectivity index (χ1) is 19.8. The van der Waals surface area contributed by atoms with Crippen LogP contribution in [-0.4, -0.2) is 38.5 Å². The molecule has 0 atom stereocenters. The van der Waals surface area contributed by atoms with Gasteiger partial charge in [0.05, 0.1) is 12.7 Å². The lowest BCUT2D eigenvalue weighted by molar-refractivity contribution is -0.137. The molecule has 0 aliphatic heterocycles. The normalized spacial score (nSPS) is 10.9. The number of esters is 1. The van der Waals surface area contributed by atoms with Gasteiger partial charge in [-0.05, 0) is 67.4 Å². The molecule has 0 bridgehead atoms. The standard InChI is InChI=1S/C34H33ClO6/c1-24(33(36)39-21-20-38-30-13-9-8-12-29(30)25-10-6-5-7-11-25)26-14-19-31(32(22-26)37-4)40-23-34(2,3)41-28-17-15-27(35)16-18-28/h5-19,22H,1,20-21,23H2,2-4H3. The first-order valence-electron chi connectivity index (χ1n) is 13.1. The fourth-order valence-corrected chi connectivity index (χ4v) is 4.14. The lowest BCUT2D eigenvalue weighted by atomic mass is 10.1. The van der Waals surface area contributed by atoms with Gasteiger partial charge in [-0.1, -0.05) is 72.8 Å². The number of ether oxygens (including phenoxy) is 5. The molecular formula is C34H33ClO6. The summed E-state index contributed by atoms with van der Waals surface area (Å²) in [6.45, 7) is 8.28. The minimum Gasteiger partial charge on any atom is -0.493 e. The second-order valence-corrected chi connectivity index (χ2v) is 10.2. The van der Waals surface area contributed by atoms with E-state index in [0.717, 1.165) is 16.9 Å². The monoisotopic (exact) mass is 572 g/mol. The Morgan fingerprint density at radius 3 is 2.24 bits per heavy atom. The minimum absolute atomic E-state index is 0.0714. The van der Waals surface area contributed by atoms with Crippen LogP contribution in [-0.2, 0) is 9.53 Å². The van der Waals surface area contributed by atoms with E-state index in [0.29, 0.717) is 27.8 Å². The van der Waals surface area contributed by atoms with E-state index in [1.165, 1.54) is 7.11 Å². The predicted molar refractivity (Wildman–Crippen MR) is 162 cm³/mol. The number of carbonyl (C=O) groups is 1. The minimum atomic E-state index is -0.630. The summed E-state index contributed by atoms with van der Waals surface area (Å²) in [7, 11) is 1.53. The van der Waals surface area contributed by atoms with E-state index in [2.05, 4.69) is 6.58 Å². The van der Waals surface area contributed by atoms with Crippen molar-refractivity contribution in [2.24, 2.45) is 0 Å². The maximum absolute atomic E-state index is 12.7. The van der Waals surface area contributed by atoms with Crippen LogP contribution in [0.25, 0.3) is 16.7 Å². The number of hydrogen-bond acceptors (Lipinski definition) is 6. The van der Waals surface area contributed by atoms with Crippen molar-refractivity contribution >= 4 is 23.1 Å². The van der Waals surface area contributed by atoms with E-state index in [1.54, 1.807) is 42.5 Å². The highest BCUT2D eigenvalue weighted by atomic mass is 35.5. The van der Waals surface area contributed by atoms with Crippen LogP contribution in [0.1, 0.15) is 19.4 Å².